The molecule has 0 aliphatic heterocycles. The van der Waals surface area contributed by atoms with E-state index in [1.54, 1.807) is 0 Å². The van der Waals surface area contributed by atoms with Crippen molar-refractivity contribution in [3.63, 3.8) is 0 Å². The summed E-state index contributed by atoms with van der Waals surface area (Å²) in [5.41, 5.74) is 0. The highest BCUT2D eigenvalue weighted by Crippen LogP contribution is 2.13. The van der Waals surface area contributed by atoms with Crippen molar-refractivity contribution in [2.24, 2.45) is 0 Å². The molecule has 0 saturated carbocycles. The molecule has 6 nitrogen and oxygen atoms in total. The van der Waals surface area contributed by atoms with Gasteiger partial charge in [-0.1, -0.05) is 96.8 Å². The van der Waals surface area contributed by atoms with Crippen LogP contribution in [0.25, 0.3) is 0 Å². The van der Waals surface area contributed by atoms with Crippen LogP contribution in [0, 0.1) is 0 Å². The molecule has 0 aliphatic rings. The van der Waals surface area contributed by atoms with Gasteiger partial charge in [-0.3, -0.25) is 14.5 Å². The Morgan fingerprint density at radius 1 is 0.581 bits per heavy atom. The van der Waals surface area contributed by atoms with Crippen LogP contribution >= 0.6 is 0 Å². The first-order valence-corrected chi connectivity index (χ1v) is 12.6. The molecule has 31 heavy (non-hydrogen) atoms. The SMILES string of the molecule is CCCCCCCCCCCCCCCCCC(=O)OOCCCC(=O)CCC(=O)O. The van der Waals surface area contributed by atoms with Crippen LogP contribution in [0.2, 0.25) is 0 Å². The van der Waals surface area contributed by atoms with Gasteiger partial charge in [-0.25, -0.2) is 4.79 Å². The minimum Gasteiger partial charge on any atom is -0.481 e. The van der Waals surface area contributed by atoms with Crippen LogP contribution in [0.5, 0.6) is 0 Å². The van der Waals surface area contributed by atoms with Crippen molar-refractivity contribution in [1.29, 1.82) is 0 Å². The Morgan fingerprint density at radius 2 is 1.06 bits per heavy atom. The zero-order valence-electron chi connectivity index (χ0n) is 19.8. The first-order valence-electron chi connectivity index (χ1n) is 12.6. The maximum atomic E-state index is 11.6. The van der Waals surface area contributed by atoms with E-state index in [0.29, 0.717) is 12.8 Å². The monoisotopic (exact) mass is 442 g/mol. The fourth-order valence-electron chi connectivity index (χ4n) is 3.49. The molecule has 0 aliphatic carbocycles. The molecule has 182 valence electrons. The van der Waals surface area contributed by atoms with E-state index in [2.05, 4.69) is 6.92 Å². The fraction of sp³-hybridized carbons (Fsp3) is 0.880. The number of aliphatic carboxylic acids is 1. The predicted molar refractivity (Wildman–Crippen MR) is 123 cm³/mol. The molecule has 0 aromatic heterocycles. The third-order valence-electron chi connectivity index (χ3n) is 5.44. The number of hydrogen-bond acceptors (Lipinski definition) is 5. The lowest BCUT2D eigenvalue weighted by molar-refractivity contribution is -0.272. The molecule has 6 heteroatoms. The van der Waals surface area contributed by atoms with E-state index in [1.165, 1.54) is 77.0 Å². The number of Topliss-reactive ketones (excluding diaryl/α,β-unsaturated/α-hetero) is 1. The van der Waals surface area contributed by atoms with Crippen LogP contribution in [0.15, 0.2) is 0 Å². The number of rotatable bonds is 24. The first-order chi connectivity index (χ1) is 15.1. The van der Waals surface area contributed by atoms with E-state index >= 15 is 0 Å². The summed E-state index contributed by atoms with van der Waals surface area (Å²) >= 11 is 0. The molecule has 0 rings (SSSR count). The molecule has 0 saturated heterocycles. The van der Waals surface area contributed by atoms with Crippen molar-refractivity contribution in [1.82, 2.24) is 0 Å². The van der Waals surface area contributed by atoms with Gasteiger partial charge in [0.05, 0.1) is 13.0 Å². The van der Waals surface area contributed by atoms with E-state index < -0.39 is 5.97 Å². The standard InChI is InChI=1S/C25H46O6/c1-2-3-4-5-6-7-8-9-10-11-12-13-14-15-16-19-25(29)31-30-22-17-18-23(26)20-21-24(27)28/h2-22H2,1H3,(H,27,28). The molecule has 0 heterocycles. The first kappa shape index (κ1) is 29.6. The van der Waals surface area contributed by atoms with E-state index in [0.717, 1.165) is 19.3 Å². The average Bonchev–Trinajstić information content (AvgIpc) is 2.74. The lowest BCUT2D eigenvalue weighted by atomic mass is 10.0. The highest BCUT2D eigenvalue weighted by molar-refractivity contribution is 5.82. The number of carbonyl (C=O) groups excluding carboxylic acids is 2. The maximum Gasteiger partial charge on any atom is 0.342 e. The summed E-state index contributed by atoms with van der Waals surface area (Å²) in [5.74, 6) is -1.46. The topological polar surface area (TPSA) is 89.9 Å². The molecule has 0 spiro atoms. The molecule has 0 unspecified atom stereocenters. The lowest BCUT2D eigenvalue weighted by Gasteiger charge is -2.04. The quantitative estimate of drug-likeness (QED) is 0.0989. The van der Waals surface area contributed by atoms with Crippen molar-refractivity contribution in [3.05, 3.63) is 0 Å². The van der Waals surface area contributed by atoms with Crippen LogP contribution in [-0.2, 0) is 24.2 Å². The second-order valence-electron chi connectivity index (χ2n) is 8.51. The van der Waals surface area contributed by atoms with Crippen LogP contribution in [0.4, 0.5) is 0 Å². The number of hydrogen-bond donors (Lipinski definition) is 1. The number of carboxylic acid groups (broad SMARTS) is 1. The summed E-state index contributed by atoms with van der Waals surface area (Å²) in [6, 6.07) is 0. The Balaban J connectivity index is 3.24. The summed E-state index contributed by atoms with van der Waals surface area (Å²) in [4.78, 5) is 42.9. The normalized spacial score (nSPS) is 10.9. The Hall–Kier alpha value is -1.43. The van der Waals surface area contributed by atoms with Crippen LogP contribution in [0.1, 0.15) is 135 Å². The van der Waals surface area contributed by atoms with E-state index in [-0.39, 0.29) is 37.6 Å². The molecule has 0 fully saturated rings. The molecule has 0 aromatic rings. The van der Waals surface area contributed by atoms with Gasteiger partial charge in [-0.05, 0) is 12.8 Å². The second kappa shape index (κ2) is 23.2. The average molecular weight is 443 g/mol. The summed E-state index contributed by atoms with van der Waals surface area (Å²) in [7, 11) is 0. The summed E-state index contributed by atoms with van der Waals surface area (Å²) < 4.78 is 0. The summed E-state index contributed by atoms with van der Waals surface area (Å²) in [6.45, 7) is 2.42. The smallest absolute Gasteiger partial charge is 0.342 e. The third kappa shape index (κ3) is 24.7. The van der Waals surface area contributed by atoms with Crippen molar-refractivity contribution < 1.29 is 29.3 Å². The molecule has 0 bridgehead atoms. The van der Waals surface area contributed by atoms with Crippen molar-refractivity contribution in [2.75, 3.05) is 6.61 Å². The van der Waals surface area contributed by atoms with Crippen LogP contribution in [-0.4, -0.2) is 29.4 Å². The molecule has 1 N–H and O–H groups in total. The molecular weight excluding hydrogens is 396 g/mol. The molecule has 0 radical (unpaired) electrons. The van der Waals surface area contributed by atoms with Gasteiger partial charge in [0.1, 0.15) is 5.78 Å². The summed E-state index contributed by atoms with van der Waals surface area (Å²) in [6.07, 6.45) is 20.2. The number of carbonyl (C=O) groups is 3. The predicted octanol–water partition coefficient (Wildman–Crippen LogP) is 6.94. The van der Waals surface area contributed by atoms with Crippen LogP contribution < -0.4 is 0 Å². The fourth-order valence-corrected chi connectivity index (χ4v) is 3.49. The largest absolute Gasteiger partial charge is 0.481 e. The Kier molecular flexibility index (Phi) is 22.2. The van der Waals surface area contributed by atoms with Gasteiger partial charge in [0.15, 0.2) is 0 Å². The Bertz CT molecular complexity index is 449. The molecule has 0 aromatic carbocycles. The van der Waals surface area contributed by atoms with E-state index in [1.807, 2.05) is 0 Å². The highest BCUT2D eigenvalue weighted by Gasteiger charge is 2.07. The molecule has 0 amide bonds. The minimum absolute atomic E-state index is 0.0360. The minimum atomic E-state index is -0.975. The zero-order valence-corrected chi connectivity index (χ0v) is 19.8. The van der Waals surface area contributed by atoms with Gasteiger partial charge in [-0.2, -0.15) is 4.89 Å². The van der Waals surface area contributed by atoms with Crippen molar-refractivity contribution in [2.45, 2.75) is 135 Å². The Labute approximate surface area is 189 Å². The number of unbranched alkanes of at least 4 members (excludes halogenated alkanes) is 14. The van der Waals surface area contributed by atoms with Gasteiger partial charge >= 0.3 is 11.9 Å². The van der Waals surface area contributed by atoms with Crippen LogP contribution in [0.3, 0.4) is 0 Å². The third-order valence-corrected chi connectivity index (χ3v) is 5.44. The Morgan fingerprint density at radius 3 is 1.55 bits per heavy atom. The van der Waals surface area contributed by atoms with E-state index in [9.17, 15) is 14.4 Å². The van der Waals surface area contributed by atoms with Gasteiger partial charge in [0.2, 0.25) is 0 Å². The zero-order chi connectivity index (χ0) is 23.0. The highest BCUT2D eigenvalue weighted by atomic mass is 17.2. The van der Waals surface area contributed by atoms with Gasteiger partial charge in [0, 0.05) is 19.3 Å². The van der Waals surface area contributed by atoms with Gasteiger partial charge in [-0.15, -0.1) is 0 Å². The summed E-state index contributed by atoms with van der Waals surface area (Å²) in [5, 5.41) is 8.50. The van der Waals surface area contributed by atoms with Gasteiger partial charge in [0.25, 0.3) is 0 Å². The van der Waals surface area contributed by atoms with E-state index in [4.69, 9.17) is 14.9 Å². The lowest BCUT2D eigenvalue weighted by Crippen LogP contribution is -2.08. The van der Waals surface area contributed by atoms with Crippen molar-refractivity contribution in [3.8, 4) is 0 Å². The number of carboxylic acids is 1. The molecular formula is C25H46O6. The maximum absolute atomic E-state index is 11.6. The van der Waals surface area contributed by atoms with Crippen molar-refractivity contribution >= 4 is 17.7 Å². The molecule has 0 atom stereocenters. The van der Waals surface area contributed by atoms with Gasteiger partial charge < -0.3 is 5.11 Å². The number of ketones is 1. The second-order valence-corrected chi connectivity index (χ2v) is 8.51.